The largest absolute Gasteiger partial charge is 0.369 e. The molecule has 1 heterocycles. The van der Waals surface area contributed by atoms with Gasteiger partial charge in [-0.2, -0.15) is 0 Å². The molecular formula is C14H17ClN2O4. The van der Waals surface area contributed by atoms with Crippen molar-refractivity contribution in [1.82, 2.24) is 4.90 Å². The fourth-order valence-electron chi connectivity index (χ4n) is 2.65. The Morgan fingerprint density at radius 1 is 1.52 bits per heavy atom. The lowest BCUT2D eigenvalue weighted by atomic mass is 10.0. The van der Waals surface area contributed by atoms with Gasteiger partial charge >= 0.3 is 5.69 Å². The van der Waals surface area contributed by atoms with Gasteiger partial charge in [0.2, 0.25) is 0 Å². The van der Waals surface area contributed by atoms with Crippen LogP contribution in [0.3, 0.4) is 0 Å². The van der Waals surface area contributed by atoms with Gasteiger partial charge in [0, 0.05) is 13.1 Å². The Hall–Kier alpha value is -1.66. The molecule has 0 spiro atoms. The van der Waals surface area contributed by atoms with Gasteiger partial charge in [-0.15, -0.1) is 0 Å². The first-order valence-corrected chi connectivity index (χ1v) is 6.99. The summed E-state index contributed by atoms with van der Waals surface area (Å²) in [5, 5.41) is 11.1. The number of nitro benzene ring substituents is 1. The monoisotopic (exact) mass is 312 g/mol. The summed E-state index contributed by atoms with van der Waals surface area (Å²) in [5.74, 6) is -0.396. The highest BCUT2D eigenvalue weighted by atomic mass is 35.5. The van der Waals surface area contributed by atoms with Crippen molar-refractivity contribution in [2.75, 3.05) is 13.1 Å². The van der Waals surface area contributed by atoms with Crippen molar-refractivity contribution in [2.24, 2.45) is 0 Å². The molecule has 6 nitrogen and oxygen atoms in total. The number of amides is 1. The van der Waals surface area contributed by atoms with E-state index in [9.17, 15) is 14.9 Å². The van der Waals surface area contributed by atoms with Gasteiger partial charge in [-0.3, -0.25) is 14.9 Å². The van der Waals surface area contributed by atoms with Crippen molar-refractivity contribution in [3.8, 4) is 0 Å². The molecule has 7 heteroatoms. The van der Waals surface area contributed by atoms with Crippen LogP contribution in [0.25, 0.3) is 0 Å². The minimum Gasteiger partial charge on any atom is -0.369 e. The smallest absolute Gasteiger partial charge is 0.300 e. The summed E-state index contributed by atoms with van der Waals surface area (Å²) in [4.78, 5) is 24.7. The summed E-state index contributed by atoms with van der Waals surface area (Å²) in [6.45, 7) is 6.41. The minimum atomic E-state index is -0.620. The van der Waals surface area contributed by atoms with Crippen LogP contribution in [-0.4, -0.2) is 40.5 Å². The molecule has 2 rings (SSSR count). The Morgan fingerprint density at radius 3 is 2.76 bits per heavy atom. The quantitative estimate of drug-likeness (QED) is 0.621. The fraction of sp³-hybridized carbons (Fsp3) is 0.500. The number of ether oxygens (including phenoxy) is 1. The lowest BCUT2D eigenvalue weighted by molar-refractivity contribution is -0.385. The van der Waals surface area contributed by atoms with Gasteiger partial charge in [0.15, 0.2) is 0 Å². The van der Waals surface area contributed by atoms with Crippen molar-refractivity contribution in [1.29, 1.82) is 0 Å². The third-order valence-electron chi connectivity index (χ3n) is 3.26. The van der Waals surface area contributed by atoms with Gasteiger partial charge in [0.1, 0.15) is 10.6 Å². The molecule has 0 saturated carbocycles. The zero-order valence-electron chi connectivity index (χ0n) is 12.1. The van der Waals surface area contributed by atoms with E-state index in [-0.39, 0.29) is 22.4 Å². The summed E-state index contributed by atoms with van der Waals surface area (Å²) in [6.07, 6.45) is -0.129. The number of hydrogen-bond acceptors (Lipinski definition) is 4. The number of carbonyl (C=O) groups is 1. The Balaban J connectivity index is 2.37. The van der Waals surface area contributed by atoms with Gasteiger partial charge in [0.25, 0.3) is 5.91 Å². The molecule has 0 aliphatic carbocycles. The molecule has 21 heavy (non-hydrogen) atoms. The normalized spacial score (nSPS) is 21.1. The van der Waals surface area contributed by atoms with Crippen molar-refractivity contribution >= 4 is 23.2 Å². The minimum absolute atomic E-state index is 0.0115. The molecule has 1 atom stereocenters. The lowest BCUT2D eigenvalue weighted by Gasteiger charge is -2.41. The first-order valence-electron chi connectivity index (χ1n) is 6.61. The summed E-state index contributed by atoms with van der Waals surface area (Å²) < 4.78 is 5.74. The van der Waals surface area contributed by atoms with E-state index in [0.717, 1.165) is 0 Å². The van der Waals surface area contributed by atoms with E-state index < -0.39 is 16.4 Å². The highest BCUT2D eigenvalue weighted by Crippen LogP contribution is 2.30. The summed E-state index contributed by atoms with van der Waals surface area (Å²) in [7, 11) is 0. The predicted molar refractivity (Wildman–Crippen MR) is 78.6 cm³/mol. The second-order valence-electron chi connectivity index (χ2n) is 5.77. The van der Waals surface area contributed by atoms with Crippen LogP contribution >= 0.6 is 11.6 Å². The average Bonchev–Trinajstić information content (AvgIpc) is 2.34. The molecule has 1 unspecified atom stereocenters. The van der Waals surface area contributed by atoms with Crippen molar-refractivity contribution in [2.45, 2.75) is 32.5 Å². The number of carbonyl (C=O) groups excluding carboxylic acids is 1. The molecule has 1 aromatic carbocycles. The third-order valence-corrected chi connectivity index (χ3v) is 3.56. The molecule has 1 amide bonds. The Kier molecular flexibility index (Phi) is 4.20. The second kappa shape index (κ2) is 5.61. The van der Waals surface area contributed by atoms with Gasteiger partial charge < -0.3 is 9.64 Å². The highest BCUT2D eigenvalue weighted by Gasteiger charge is 2.36. The molecule has 1 fully saturated rings. The Labute approximate surface area is 127 Å². The first-order chi connectivity index (χ1) is 9.71. The maximum absolute atomic E-state index is 12.6. The Bertz CT molecular complexity index is 588. The van der Waals surface area contributed by atoms with E-state index in [1.165, 1.54) is 18.2 Å². The van der Waals surface area contributed by atoms with Crippen LogP contribution in [0.15, 0.2) is 18.2 Å². The van der Waals surface area contributed by atoms with Gasteiger partial charge in [-0.1, -0.05) is 17.7 Å². The van der Waals surface area contributed by atoms with Crippen LogP contribution in [0.4, 0.5) is 5.69 Å². The van der Waals surface area contributed by atoms with Crippen LogP contribution in [0, 0.1) is 10.1 Å². The van der Waals surface area contributed by atoms with Crippen LogP contribution in [0.5, 0.6) is 0 Å². The molecule has 0 aromatic heterocycles. The van der Waals surface area contributed by atoms with Gasteiger partial charge in [-0.05, 0) is 32.9 Å². The van der Waals surface area contributed by atoms with Crippen LogP contribution < -0.4 is 0 Å². The maximum Gasteiger partial charge on any atom is 0.300 e. The second-order valence-corrected chi connectivity index (χ2v) is 6.17. The average molecular weight is 313 g/mol. The lowest BCUT2D eigenvalue weighted by Crippen LogP contribution is -2.53. The number of nitro groups is 1. The standard InChI is InChI=1S/C14H17ClN2O4/c1-9-7-16(8-14(2,3)21-9)13(18)10-5-4-6-11(15)12(10)17(19)20/h4-6,9H,7-8H2,1-3H3. The van der Waals surface area contributed by atoms with Crippen LogP contribution in [0.2, 0.25) is 5.02 Å². The van der Waals surface area contributed by atoms with Crippen LogP contribution in [0.1, 0.15) is 31.1 Å². The van der Waals surface area contributed by atoms with E-state index in [1.807, 2.05) is 20.8 Å². The summed E-state index contributed by atoms with van der Waals surface area (Å²) in [5.41, 5.74) is -0.820. The molecule has 1 aliphatic rings. The van der Waals surface area contributed by atoms with E-state index in [2.05, 4.69) is 0 Å². The number of rotatable bonds is 2. The molecule has 114 valence electrons. The van der Waals surface area contributed by atoms with Gasteiger partial charge in [0.05, 0.1) is 16.6 Å². The number of hydrogen-bond donors (Lipinski definition) is 0. The zero-order chi connectivity index (χ0) is 15.8. The molecule has 1 saturated heterocycles. The predicted octanol–water partition coefficient (Wildman–Crippen LogP) is 2.89. The topological polar surface area (TPSA) is 72.7 Å². The molecule has 0 radical (unpaired) electrons. The van der Waals surface area contributed by atoms with Gasteiger partial charge in [-0.25, -0.2) is 0 Å². The maximum atomic E-state index is 12.6. The number of benzene rings is 1. The van der Waals surface area contributed by atoms with Crippen molar-refractivity contribution in [3.05, 3.63) is 38.9 Å². The molecule has 1 aromatic rings. The first kappa shape index (κ1) is 15.7. The third kappa shape index (κ3) is 3.33. The number of halogens is 1. The zero-order valence-corrected chi connectivity index (χ0v) is 12.9. The molecule has 0 bridgehead atoms. The van der Waals surface area contributed by atoms with E-state index in [4.69, 9.17) is 16.3 Å². The SMILES string of the molecule is CC1CN(C(=O)c2cccc(Cl)c2[N+](=O)[O-])CC(C)(C)O1. The van der Waals surface area contributed by atoms with Crippen LogP contribution in [-0.2, 0) is 4.74 Å². The fourth-order valence-corrected chi connectivity index (χ4v) is 2.90. The van der Waals surface area contributed by atoms with Crippen molar-refractivity contribution < 1.29 is 14.5 Å². The summed E-state index contributed by atoms with van der Waals surface area (Å²) >= 11 is 5.85. The Morgan fingerprint density at radius 2 is 2.19 bits per heavy atom. The van der Waals surface area contributed by atoms with E-state index in [1.54, 1.807) is 4.90 Å². The number of morpholine rings is 1. The van der Waals surface area contributed by atoms with E-state index >= 15 is 0 Å². The summed E-state index contributed by atoms with van der Waals surface area (Å²) in [6, 6.07) is 4.37. The molecule has 0 N–H and O–H groups in total. The molecular weight excluding hydrogens is 296 g/mol. The molecule has 1 aliphatic heterocycles. The van der Waals surface area contributed by atoms with Crippen molar-refractivity contribution in [3.63, 3.8) is 0 Å². The number of para-hydroxylation sites is 1. The number of nitrogens with zero attached hydrogens (tertiary/aromatic N) is 2. The highest BCUT2D eigenvalue weighted by molar-refractivity contribution is 6.33. The van der Waals surface area contributed by atoms with E-state index in [0.29, 0.717) is 13.1 Å².